The Hall–Kier alpha value is -2.60. The van der Waals surface area contributed by atoms with Crippen LogP contribution in [0.4, 0.5) is 17.6 Å². The van der Waals surface area contributed by atoms with Gasteiger partial charge in [0.25, 0.3) is 0 Å². The van der Waals surface area contributed by atoms with E-state index in [1.54, 1.807) is 6.20 Å². The predicted octanol–water partition coefficient (Wildman–Crippen LogP) is 2.63. The van der Waals surface area contributed by atoms with E-state index in [2.05, 4.69) is 15.4 Å². The van der Waals surface area contributed by atoms with Crippen LogP contribution in [0.3, 0.4) is 0 Å². The third kappa shape index (κ3) is 3.54. The molecule has 1 saturated heterocycles. The van der Waals surface area contributed by atoms with Crippen LogP contribution in [-0.4, -0.2) is 44.1 Å². The molecule has 5 rings (SSSR count). The van der Waals surface area contributed by atoms with E-state index in [9.17, 15) is 27.8 Å². The van der Waals surface area contributed by atoms with Crippen molar-refractivity contribution in [3.8, 4) is 0 Å². The van der Waals surface area contributed by atoms with Gasteiger partial charge in [0.1, 0.15) is 23.7 Å². The van der Waals surface area contributed by atoms with E-state index in [0.29, 0.717) is 17.6 Å². The number of aliphatic hydroxyl groups excluding tert-OH is 2. The second kappa shape index (κ2) is 7.48. The standard InChI is InChI=1S/C21H20F4N4O3/c22-16-5-13(21(23,24)25)3-4-15(16)20(10-32-9-17(20)30)28-19(31)14-7-27-29-8-12(11-1-2-11)6-26-18(14)29/h3-8,11,17,19,28,30-31H,1-2,9-10H2. The fraction of sp³-hybridized carbons (Fsp3) is 0.429. The van der Waals surface area contributed by atoms with Gasteiger partial charge in [0.15, 0.2) is 5.65 Å². The van der Waals surface area contributed by atoms with E-state index in [-0.39, 0.29) is 24.3 Å². The summed E-state index contributed by atoms with van der Waals surface area (Å²) in [4.78, 5) is 4.38. The van der Waals surface area contributed by atoms with E-state index in [1.807, 2.05) is 6.20 Å². The highest BCUT2D eigenvalue weighted by molar-refractivity contribution is 5.48. The van der Waals surface area contributed by atoms with E-state index in [4.69, 9.17) is 4.74 Å². The van der Waals surface area contributed by atoms with Crippen molar-refractivity contribution in [2.75, 3.05) is 13.2 Å². The zero-order valence-corrected chi connectivity index (χ0v) is 16.7. The normalized spacial score (nSPS) is 24.9. The fourth-order valence-corrected chi connectivity index (χ4v) is 4.15. The van der Waals surface area contributed by atoms with Gasteiger partial charge in [-0.3, -0.25) is 5.32 Å². The van der Waals surface area contributed by atoms with Gasteiger partial charge in [0.2, 0.25) is 0 Å². The molecule has 0 radical (unpaired) electrons. The molecule has 3 atom stereocenters. The van der Waals surface area contributed by atoms with Crippen molar-refractivity contribution in [1.29, 1.82) is 0 Å². The highest BCUT2D eigenvalue weighted by atomic mass is 19.4. The SMILES string of the molecule is OC(NC1(c2ccc(C(F)(F)F)cc2F)COCC1O)c1cnn2cc(C3CC3)cnc12. The number of benzene rings is 1. The molecule has 3 N–H and O–H groups in total. The number of aromatic nitrogens is 3. The van der Waals surface area contributed by atoms with Crippen LogP contribution in [0.15, 0.2) is 36.8 Å². The number of rotatable bonds is 5. The molecule has 1 aliphatic heterocycles. The van der Waals surface area contributed by atoms with Crippen LogP contribution in [0, 0.1) is 5.82 Å². The van der Waals surface area contributed by atoms with Crippen LogP contribution < -0.4 is 5.32 Å². The molecular formula is C21H20F4N4O3. The maximum absolute atomic E-state index is 14.8. The number of fused-ring (bicyclic) bond motifs is 1. The number of halogens is 4. The average Bonchev–Trinajstić information content (AvgIpc) is 3.41. The molecule has 170 valence electrons. The molecule has 3 aromatic rings. The molecule has 0 bridgehead atoms. The van der Waals surface area contributed by atoms with E-state index < -0.39 is 35.4 Å². The smallest absolute Gasteiger partial charge is 0.388 e. The minimum atomic E-state index is -4.72. The first-order valence-corrected chi connectivity index (χ1v) is 10.1. The summed E-state index contributed by atoms with van der Waals surface area (Å²) < 4.78 is 60.5. The molecule has 2 fully saturated rings. The Kier molecular flexibility index (Phi) is 4.97. The summed E-state index contributed by atoms with van der Waals surface area (Å²) >= 11 is 0. The summed E-state index contributed by atoms with van der Waals surface area (Å²) in [7, 11) is 0. The predicted molar refractivity (Wildman–Crippen MR) is 103 cm³/mol. The monoisotopic (exact) mass is 452 g/mol. The van der Waals surface area contributed by atoms with Crippen LogP contribution in [0.2, 0.25) is 0 Å². The van der Waals surface area contributed by atoms with Gasteiger partial charge < -0.3 is 14.9 Å². The number of hydrogen-bond donors (Lipinski definition) is 3. The highest BCUT2D eigenvalue weighted by Gasteiger charge is 2.48. The summed E-state index contributed by atoms with van der Waals surface area (Å²) in [6.07, 6.45) is -0.375. The molecule has 7 nitrogen and oxygen atoms in total. The molecule has 2 aromatic heterocycles. The first-order valence-electron chi connectivity index (χ1n) is 10.1. The van der Waals surface area contributed by atoms with Crippen molar-refractivity contribution in [1.82, 2.24) is 19.9 Å². The number of alkyl halides is 3. The van der Waals surface area contributed by atoms with Gasteiger partial charge in [-0.15, -0.1) is 0 Å². The quantitative estimate of drug-likeness (QED) is 0.407. The second-order valence-electron chi connectivity index (χ2n) is 8.27. The third-order valence-electron chi connectivity index (χ3n) is 6.09. The van der Waals surface area contributed by atoms with Crippen molar-refractivity contribution in [2.24, 2.45) is 0 Å². The number of aliphatic hydroxyl groups is 2. The first-order chi connectivity index (χ1) is 15.2. The Morgan fingerprint density at radius 3 is 2.66 bits per heavy atom. The third-order valence-corrected chi connectivity index (χ3v) is 6.09. The Bertz CT molecular complexity index is 1160. The highest BCUT2D eigenvalue weighted by Crippen LogP contribution is 2.40. The molecule has 1 aliphatic carbocycles. The molecule has 2 aliphatic rings. The lowest BCUT2D eigenvalue weighted by Crippen LogP contribution is -2.53. The summed E-state index contributed by atoms with van der Waals surface area (Å²) in [5.74, 6) is -0.713. The lowest BCUT2D eigenvalue weighted by Gasteiger charge is -2.35. The lowest BCUT2D eigenvalue weighted by molar-refractivity contribution is -0.137. The van der Waals surface area contributed by atoms with Gasteiger partial charge >= 0.3 is 6.18 Å². The van der Waals surface area contributed by atoms with Gasteiger partial charge in [0.05, 0.1) is 30.5 Å². The minimum Gasteiger partial charge on any atom is -0.388 e. The second-order valence-corrected chi connectivity index (χ2v) is 8.27. The van der Waals surface area contributed by atoms with Gasteiger partial charge in [-0.25, -0.2) is 13.9 Å². The summed E-state index contributed by atoms with van der Waals surface area (Å²) in [6, 6.07) is 2.05. The number of nitrogens with zero attached hydrogens (tertiary/aromatic N) is 3. The Balaban J connectivity index is 1.49. The van der Waals surface area contributed by atoms with Crippen molar-refractivity contribution >= 4 is 5.65 Å². The number of nitrogens with one attached hydrogen (secondary N) is 1. The zero-order valence-electron chi connectivity index (χ0n) is 16.7. The molecule has 3 heterocycles. The topological polar surface area (TPSA) is 91.9 Å². The Morgan fingerprint density at radius 1 is 1.25 bits per heavy atom. The van der Waals surface area contributed by atoms with Gasteiger partial charge in [-0.2, -0.15) is 18.3 Å². The molecule has 1 aromatic carbocycles. The molecule has 1 saturated carbocycles. The first kappa shape index (κ1) is 21.3. The minimum absolute atomic E-state index is 0.183. The van der Waals surface area contributed by atoms with Crippen LogP contribution in [0.5, 0.6) is 0 Å². The summed E-state index contributed by atoms with van der Waals surface area (Å²) in [5.41, 5.74) is -1.38. The Morgan fingerprint density at radius 2 is 2.03 bits per heavy atom. The molecule has 11 heteroatoms. The fourth-order valence-electron chi connectivity index (χ4n) is 4.15. The molecular weight excluding hydrogens is 432 g/mol. The van der Waals surface area contributed by atoms with Crippen molar-refractivity contribution in [3.05, 3.63) is 64.9 Å². The van der Waals surface area contributed by atoms with Crippen LogP contribution in [0.1, 0.15) is 47.2 Å². The summed E-state index contributed by atoms with van der Waals surface area (Å²) in [5, 5.41) is 28.5. The van der Waals surface area contributed by atoms with Crippen molar-refractivity contribution in [2.45, 2.75) is 42.8 Å². The number of ether oxygens (including phenoxy) is 1. The van der Waals surface area contributed by atoms with E-state index in [1.165, 1.54) is 10.7 Å². The largest absolute Gasteiger partial charge is 0.416 e. The van der Waals surface area contributed by atoms with Crippen molar-refractivity contribution in [3.63, 3.8) is 0 Å². The van der Waals surface area contributed by atoms with Gasteiger partial charge in [-0.1, -0.05) is 6.07 Å². The van der Waals surface area contributed by atoms with Crippen LogP contribution >= 0.6 is 0 Å². The average molecular weight is 452 g/mol. The number of hydrogen-bond acceptors (Lipinski definition) is 6. The van der Waals surface area contributed by atoms with E-state index >= 15 is 0 Å². The van der Waals surface area contributed by atoms with Crippen LogP contribution in [0.25, 0.3) is 5.65 Å². The molecule has 3 unspecified atom stereocenters. The van der Waals surface area contributed by atoms with Gasteiger partial charge in [0, 0.05) is 18.0 Å². The lowest BCUT2D eigenvalue weighted by atomic mass is 9.85. The van der Waals surface area contributed by atoms with Crippen LogP contribution in [-0.2, 0) is 16.5 Å². The zero-order chi connectivity index (χ0) is 22.7. The maximum Gasteiger partial charge on any atom is 0.416 e. The molecule has 32 heavy (non-hydrogen) atoms. The molecule has 0 spiro atoms. The maximum atomic E-state index is 14.8. The van der Waals surface area contributed by atoms with Crippen molar-refractivity contribution < 1.29 is 32.5 Å². The summed E-state index contributed by atoms with van der Waals surface area (Å²) in [6.45, 7) is -0.441. The Labute approximate surface area is 179 Å². The van der Waals surface area contributed by atoms with Gasteiger partial charge in [-0.05, 0) is 36.5 Å². The molecule has 0 amide bonds. The van der Waals surface area contributed by atoms with E-state index in [0.717, 1.165) is 30.5 Å².